The molecular weight excluding hydrogens is 240 g/mol. The smallest absolute Gasteiger partial charge is 0.202 e. The number of para-hydroxylation sites is 1. The molecule has 0 aliphatic heterocycles. The quantitative estimate of drug-likeness (QED) is 0.848. The second-order valence-electron chi connectivity index (χ2n) is 5.06. The highest BCUT2D eigenvalue weighted by Crippen LogP contribution is 2.30. The Hall–Kier alpha value is -2.01. The number of rotatable bonds is 3. The molecule has 1 aromatic heterocycles. The second kappa shape index (κ2) is 4.59. The molecule has 2 aromatic rings. The largest absolute Gasteiger partial charge is 0.319 e. The van der Waals surface area contributed by atoms with Gasteiger partial charge in [0.15, 0.2) is 0 Å². The molecule has 1 heterocycles. The molecule has 0 radical (unpaired) electrons. The van der Waals surface area contributed by atoms with Gasteiger partial charge in [-0.05, 0) is 25.0 Å². The van der Waals surface area contributed by atoms with Gasteiger partial charge in [0, 0.05) is 0 Å². The monoisotopic (exact) mass is 256 g/mol. The molecule has 5 heteroatoms. The molecule has 19 heavy (non-hydrogen) atoms. The van der Waals surface area contributed by atoms with Crippen molar-refractivity contribution in [1.82, 2.24) is 15.0 Å². The number of carbonyl (C=O) groups excluding carboxylic acids is 1. The SMILES string of the molecule is NC1(C(=O)c2cnnn2-c2ccccc2)CCCC1. The van der Waals surface area contributed by atoms with Crippen LogP contribution in [0.4, 0.5) is 0 Å². The van der Waals surface area contributed by atoms with Crippen molar-refractivity contribution in [3.63, 3.8) is 0 Å². The molecule has 2 N–H and O–H groups in total. The van der Waals surface area contributed by atoms with E-state index < -0.39 is 5.54 Å². The Morgan fingerprint density at radius 3 is 2.58 bits per heavy atom. The lowest BCUT2D eigenvalue weighted by Gasteiger charge is -2.21. The summed E-state index contributed by atoms with van der Waals surface area (Å²) in [6, 6.07) is 9.51. The summed E-state index contributed by atoms with van der Waals surface area (Å²) in [5.41, 5.74) is 6.77. The van der Waals surface area contributed by atoms with E-state index in [1.54, 1.807) is 4.68 Å². The molecule has 1 aromatic carbocycles. The van der Waals surface area contributed by atoms with E-state index in [2.05, 4.69) is 10.3 Å². The minimum Gasteiger partial charge on any atom is -0.319 e. The van der Waals surface area contributed by atoms with Gasteiger partial charge in [-0.25, -0.2) is 4.68 Å². The number of benzene rings is 1. The molecule has 1 aliphatic rings. The van der Waals surface area contributed by atoms with Crippen molar-refractivity contribution in [3.05, 3.63) is 42.2 Å². The van der Waals surface area contributed by atoms with E-state index in [9.17, 15) is 4.79 Å². The van der Waals surface area contributed by atoms with Crippen LogP contribution in [0.5, 0.6) is 0 Å². The van der Waals surface area contributed by atoms with Gasteiger partial charge in [0.2, 0.25) is 5.78 Å². The number of carbonyl (C=O) groups is 1. The Balaban J connectivity index is 1.99. The van der Waals surface area contributed by atoms with Crippen LogP contribution in [-0.2, 0) is 0 Å². The molecule has 3 rings (SSSR count). The fourth-order valence-corrected chi connectivity index (χ4v) is 2.64. The molecule has 0 saturated heterocycles. The average molecular weight is 256 g/mol. The Kier molecular flexibility index (Phi) is 2.91. The fourth-order valence-electron chi connectivity index (χ4n) is 2.64. The van der Waals surface area contributed by atoms with Crippen molar-refractivity contribution in [2.45, 2.75) is 31.2 Å². The van der Waals surface area contributed by atoms with E-state index in [4.69, 9.17) is 5.73 Å². The number of hydrogen-bond acceptors (Lipinski definition) is 4. The summed E-state index contributed by atoms with van der Waals surface area (Å²) in [6.07, 6.45) is 5.00. The summed E-state index contributed by atoms with van der Waals surface area (Å²) in [7, 11) is 0. The van der Waals surface area contributed by atoms with Crippen molar-refractivity contribution >= 4 is 5.78 Å². The molecular formula is C14H16N4O. The standard InChI is InChI=1S/C14H16N4O/c15-14(8-4-5-9-14)13(19)12-10-16-17-18(12)11-6-2-1-3-7-11/h1-3,6-7,10H,4-5,8-9,15H2. The van der Waals surface area contributed by atoms with Crippen molar-refractivity contribution < 1.29 is 4.79 Å². The highest BCUT2D eigenvalue weighted by molar-refractivity contribution is 6.02. The molecule has 5 nitrogen and oxygen atoms in total. The maximum Gasteiger partial charge on any atom is 0.202 e. The summed E-state index contributed by atoms with van der Waals surface area (Å²) in [4.78, 5) is 12.6. The van der Waals surface area contributed by atoms with Gasteiger partial charge >= 0.3 is 0 Å². The molecule has 1 saturated carbocycles. The molecule has 0 unspecified atom stereocenters. The van der Waals surface area contributed by atoms with Gasteiger partial charge in [0.1, 0.15) is 5.69 Å². The van der Waals surface area contributed by atoms with E-state index in [1.807, 2.05) is 30.3 Å². The molecule has 0 spiro atoms. The number of hydrogen-bond donors (Lipinski definition) is 1. The van der Waals surface area contributed by atoms with Crippen LogP contribution in [0.25, 0.3) is 5.69 Å². The van der Waals surface area contributed by atoms with E-state index in [0.717, 1.165) is 31.4 Å². The first-order valence-electron chi connectivity index (χ1n) is 6.50. The first-order chi connectivity index (χ1) is 9.21. The minimum absolute atomic E-state index is 0.0566. The number of aromatic nitrogens is 3. The van der Waals surface area contributed by atoms with Gasteiger partial charge in [-0.15, -0.1) is 5.10 Å². The molecule has 0 amide bonds. The zero-order valence-corrected chi connectivity index (χ0v) is 10.6. The van der Waals surface area contributed by atoms with Crippen molar-refractivity contribution in [3.8, 4) is 5.69 Å². The van der Waals surface area contributed by atoms with Crippen LogP contribution >= 0.6 is 0 Å². The molecule has 1 fully saturated rings. The highest BCUT2D eigenvalue weighted by atomic mass is 16.1. The van der Waals surface area contributed by atoms with E-state index in [0.29, 0.717) is 5.69 Å². The van der Waals surface area contributed by atoms with Crippen molar-refractivity contribution in [2.24, 2.45) is 5.73 Å². The number of nitrogens with two attached hydrogens (primary N) is 1. The van der Waals surface area contributed by atoms with Gasteiger partial charge in [0.05, 0.1) is 17.4 Å². The lowest BCUT2D eigenvalue weighted by Crippen LogP contribution is -2.45. The van der Waals surface area contributed by atoms with Crippen LogP contribution in [-0.4, -0.2) is 26.3 Å². The van der Waals surface area contributed by atoms with Crippen LogP contribution < -0.4 is 5.73 Å². The number of nitrogens with zero attached hydrogens (tertiary/aromatic N) is 3. The van der Waals surface area contributed by atoms with Crippen LogP contribution in [0.15, 0.2) is 36.5 Å². The molecule has 0 bridgehead atoms. The van der Waals surface area contributed by atoms with Crippen LogP contribution in [0, 0.1) is 0 Å². The summed E-state index contributed by atoms with van der Waals surface area (Å²) in [5, 5.41) is 7.86. The topological polar surface area (TPSA) is 73.8 Å². The lowest BCUT2D eigenvalue weighted by molar-refractivity contribution is 0.0884. The van der Waals surface area contributed by atoms with Gasteiger partial charge < -0.3 is 5.73 Å². The van der Waals surface area contributed by atoms with Crippen molar-refractivity contribution in [1.29, 1.82) is 0 Å². The number of Topliss-reactive ketones (excluding diaryl/α,β-unsaturated/α-hetero) is 1. The van der Waals surface area contributed by atoms with Gasteiger partial charge in [0.25, 0.3) is 0 Å². The summed E-state index contributed by atoms with van der Waals surface area (Å²) in [6.45, 7) is 0. The normalized spacial score (nSPS) is 17.5. The molecule has 98 valence electrons. The zero-order chi connectivity index (χ0) is 13.3. The number of ketones is 1. The zero-order valence-electron chi connectivity index (χ0n) is 10.6. The van der Waals surface area contributed by atoms with Gasteiger partial charge in [-0.3, -0.25) is 4.79 Å². The minimum atomic E-state index is -0.742. The maximum atomic E-state index is 12.6. The van der Waals surface area contributed by atoms with E-state index >= 15 is 0 Å². The maximum absolute atomic E-state index is 12.6. The highest BCUT2D eigenvalue weighted by Gasteiger charge is 2.39. The Bertz CT molecular complexity index is 585. The molecule has 0 atom stereocenters. The first-order valence-corrected chi connectivity index (χ1v) is 6.50. The Labute approximate surface area is 111 Å². The van der Waals surface area contributed by atoms with Gasteiger partial charge in [-0.2, -0.15) is 0 Å². The van der Waals surface area contributed by atoms with Gasteiger partial charge in [-0.1, -0.05) is 36.3 Å². The third-order valence-corrected chi connectivity index (χ3v) is 3.73. The lowest BCUT2D eigenvalue weighted by atomic mass is 9.91. The van der Waals surface area contributed by atoms with E-state index in [1.165, 1.54) is 6.20 Å². The fraction of sp³-hybridized carbons (Fsp3) is 0.357. The summed E-state index contributed by atoms with van der Waals surface area (Å²) < 4.78 is 1.56. The average Bonchev–Trinajstić information content (AvgIpc) is 3.08. The first kappa shape index (κ1) is 12.0. The summed E-state index contributed by atoms with van der Waals surface area (Å²) >= 11 is 0. The third-order valence-electron chi connectivity index (χ3n) is 3.73. The summed E-state index contributed by atoms with van der Waals surface area (Å²) in [5.74, 6) is -0.0566. The van der Waals surface area contributed by atoms with E-state index in [-0.39, 0.29) is 5.78 Å². The predicted molar refractivity (Wildman–Crippen MR) is 71.1 cm³/mol. The van der Waals surface area contributed by atoms with Crippen LogP contribution in [0.1, 0.15) is 36.2 Å². The predicted octanol–water partition coefficient (Wildman–Crippen LogP) is 1.72. The Morgan fingerprint density at radius 1 is 1.21 bits per heavy atom. The van der Waals surface area contributed by atoms with Crippen molar-refractivity contribution in [2.75, 3.05) is 0 Å². The second-order valence-corrected chi connectivity index (χ2v) is 5.06. The van der Waals surface area contributed by atoms with Crippen LogP contribution in [0.2, 0.25) is 0 Å². The van der Waals surface area contributed by atoms with Crippen LogP contribution in [0.3, 0.4) is 0 Å². The molecule has 1 aliphatic carbocycles. The third kappa shape index (κ3) is 2.06. The Morgan fingerprint density at radius 2 is 1.89 bits per heavy atom.